The number of hydrogen-bond acceptors (Lipinski definition) is 2. The molecule has 2 nitrogen and oxygen atoms in total. The highest BCUT2D eigenvalue weighted by Gasteiger charge is 1.96. The van der Waals surface area contributed by atoms with E-state index in [9.17, 15) is 4.39 Å². The topological polar surface area (TPSA) is 24.1 Å². The van der Waals surface area contributed by atoms with Crippen molar-refractivity contribution in [2.24, 2.45) is 0 Å². The lowest BCUT2D eigenvalue weighted by Gasteiger charge is -2.07. The van der Waals surface area contributed by atoms with Crippen molar-refractivity contribution in [3.05, 3.63) is 0 Å². The van der Waals surface area contributed by atoms with Gasteiger partial charge in [0.25, 0.3) is 0 Å². The van der Waals surface area contributed by atoms with Gasteiger partial charge in [-0.25, -0.2) is 4.39 Å². The molecule has 0 aliphatic carbocycles. The van der Waals surface area contributed by atoms with E-state index < -0.39 is 0 Å². The van der Waals surface area contributed by atoms with E-state index in [4.69, 9.17) is 0 Å². The second kappa shape index (κ2) is 4.02. The van der Waals surface area contributed by atoms with E-state index >= 15 is 0 Å². The molecule has 0 fully saturated rings. The molecule has 0 aromatic heterocycles. The number of alkyl halides is 1. The van der Waals surface area contributed by atoms with Gasteiger partial charge in [-0.15, -0.1) is 0 Å². The highest BCUT2D eigenvalue weighted by atomic mass is 19.1. The Morgan fingerprint density at radius 3 is 1.86 bits per heavy atom. The van der Waals surface area contributed by atoms with E-state index in [0.29, 0.717) is 0 Å². The lowest BCUT2D eigenvalue weighted by atomic mass is 10.5. The summed E-state index contributed by atoms with van der Waals surface area (Å²) in [5.41, 5.74) is 0. The van der Waals surface area contributed by atoms with Crippen molar-refractivity contribution in [2.45, 2.75) is 6.17 Å². The lowest BCUT2D eigenvalue weighted by Crippen LogP contribution is -2.39. The van der Waals surface area contributed by atoms with Crippen LogP contribution in [0.1, 0.15) is 0 Å². The minimum Gasteiger partial charge on any atom is -0.303 e. The van der Waals surface area contributed by atoms with Crippen LogP contribution in [0, 0.1) is 0 Å². The molecular formula is C4H11FN2. The molecule has 0 aliphatic heterocycles. The zero-order chi connectivity index (χ0) is 5.70. The van der Waals surface area contributed by atoms with Gasteiger partial charge in [-0.2, -0.15) is 0 Å². The van der Waals surface area contributed by atoms with E-state index in [1.165, 1.54) is 0 Å². The van der Waals surface area contributed by atoms with Crippen LogP contribution in [0.3, 0.4) is 0 Å². The quantitative estimate of drug-likeness (QED) is 0.483. The maximum atomic E-state index is 11.5. The summed E-state index contributed by atoms with van der Waals surface area (Å²) in [6.07, 6.45) is -0.181. The van der Waals surface area contributed by atoms with Gasteiger partial charge in [0.05, 0.1) is 6.17 Å². The monoisotopic (exact) mass is 106 g/mol. The average Bonchev–Trinajstić information content (AvgIpc) is 1.72. The van der Waals surface area contributed by atoms with Gasteiger partial charge in [0.2, 0.25) is 0 Å². The molecule has 0 rings (SSSR count). The molecule has 0 unspecified atom stereocenters. The van der Waals surface area contributed by atoms with Gasteiger partial charge in [-0.05, 0) is 14.1 Å². The third-order valence-electron chi connectivity index (χ3n) is 0.851. The molecule has 7 heavy (non-hydrogen) atoms. The number of nitrogens with one attached hydrogen (secondary N) is 2. The fourth-order valence-corrected chi connectivity index (χ4v) is 0.299. The largest absolute Gasteiger partial charge is 0.303 e. The molecule has 0 aromatic carbocycles. The zero-order valence-corrected chi connectivity index (χ0v) is 4.66. The van der Waals surface area contributed by atoms with E-state index in [-0.39, 0.29) is 12.8 Å². The minimum absolute atomic E-state index is 0.181. The van der Waals surface area contributed by atoms with E-state index in [1.807, 2.05) is 0 Å². The highest BCUT2D eigenvalue weighted by Crippen LogP contribution is 1.72. The molecule has 0 bridgehead atoms. The normalized spacial score (nSPS) is 10.3. The first kappa shape index (κ1) is 6.85. The average molecular weight is 106 g/mol. The minimum atomic E-state index is -0.368. The van der Waals surface area contributed by atoms with Crippen molar-refractivity contribution in [2.75, 3.05) is 20.8 Å². The standard InChI is InChI=1S/C4H11FN2/c1-6-4(3-5)7-2/h4,6-7H,3H2,1-2H3. The summed E-state index contributed by atoms with van der Waals surface area (Å²) >= 11 is 0. The van der Waals surface area contributed by atoms with Crippen molar-refractivity contribution in [3.8, 4) is 0 Å². The zero-order valence-electron chi connectivity index (χ0n) is 4.66. The molecule has 3 heteroatoms. The van der Waals surface area contributed by atoms with Crippen LogP contribution in [-0.4, -0.2) is 26.9 Å². The summed E-state index contributed by atoms with van der Waals surface area (Å²) < 4.78 is 11.5. The molecule has 0 saturated carbocycles. The summed E-state index contributed by atoms with van der Waals surface area (Å²) in [5.74, 6) is 0. The van der Waals surface area contributed by atoms with Gasteiger partial charge in [-0.3, -0.25) is 0 Å². The molecule has 0 saturated heterocycles. The van der Waals surface area contributed by atoms with E-state index in [1.54, 1.807) is 14.1 Å². The first-order valence-electron chi connectivity index (χ1n) is 2.25. The first-order valence-corrected chi connectivity index (χ1v) is 2.25. The third-order valence-corrected chi connectivity index (χ3v) is 0.851. The van der Waals surface area contributed by atoms with Gasteiger partial charge in [0.1, 0.15) is 6.67 Å². The summed E-state index contributed by atoms with van der Waals surface area (Å²) in [5, 5.41) is 5.43. The predicted molar refractivity (Wildman–Crippen MR) is 27.9 cm³/mol. The Morgan fingerprint density at radius 2 is 1.86 bits per heavy atom. The van der Waals surface area contributed by atoms with Crippen LogP contribution in [-0.2, 0) is 0 Å². The highest BCUT2D eigenvalue weighted by molar-refractivity contribution is 4.53. The second-order valence-electron chi connectivity index (χ2n) is 1.28. The maximum Gasteiger partial charge on any atom is 0.118 e. The third kappa shape index (κ3) is 2.53. The van der Waals surface area contributed by atoms with Crippen LogP contribution >= 0.6 is 0 Å². The summed E-state index contributed by atoms with van der Waals surface area (Å²) in [6.45, 7) is -0.368. The first-order chi connectivity index (χ1) is 3.35. The Bertz CT molecular complexity index is 31.2. The fraction of sp³-hybridized carbons (Fsp3) is 1.00. The maximum absolute atomic E-state index is 11.5. The molecule has 0 radical (unpaired) electrons. The Balaban J connectivity index is 2.99. The second-order valence-corrected chi connectivity index (χ2v) is 1.28. The van der Waals surface area contributed by atoms with Crippen LogP contribution < -0.4 is 10.6 Å². The van der Waals surface area contributed by atoms with E-state index in [2.05, 4.69) is 10.6 Å². The Hall–Kier alpha value is -0.150. The van der Waals surface area contributed by atoms with Gasteiger partial charge in [-0.1, -0.05) is 0 Å². The molecule has 0 aromatic rings. The van der Waals surface area contributed by atoms with Crippen LogP contribution in [0.4, 0.5) is 4.39 Å². The summed E-state index contributed by atoms with van der Waals surface area (Å²) in [7, 11) is 3.42. The number of hydrogen-bond donors (Lipinski definition) is 2. The summed E-state index contributed by atoms with van der Waals surface area (Å²) in [6, 6.07) is 0. The summed E-state index contributed by atoms with van der Waals surface area (Å²) in [4.78, 5) is 0. The number of rotatable bonds is 3. The molecular weight excluding hydrogens is 95.1 g/mol. The van der Waals surface area contributed by atoms with Gasteiger partial charge < -0.3 is 10.6 Å². The SMILES string of the molecule is CNC(CF)NC. The van der Waals surface area contributed by atoms with Gasteiger partial charge in [0, 0.05) is 0 Å². The predicted octanol–water partition coefficient (Wildman–Crippen LogP) is -0.279. The number of halogens is 1. The van der Waals surface area contributed by atoms with Crippen LogP contribution in [0.5, 0.6) is 0 Å². The van der Waals surface area contributed by atoms with Crippen molar-refractivity contribution in [1.82, 2.24) is 10.6 Å². The van der Waals surface area contributed by atoms with Crippen molar-refractivity contribution < 1.29 is 4.39 Å². The molecule has 0 heterocycles. The van der Waals surface area contributed by atoms with E-state index in [0.717, 1.165) is 0 Å². The molecule has 0 aliphatic rings. The van der Waals surface area contributed by atoms with Crippen molar-refractivity contribution >= 4 is 0 Å². The smallest absolute Gasteiger partial charge is 0.118 e. The molecule has 0 atom stereocenters. The van der Waals surface area contributed by atoms with Crippen LogP contribution in [0.2, 0.25) is 0 Å². The molecule has 0 spiro atoms. The van der Waals surface area contributed by atoms with Crippen molar-refractivity contribution in [3.63, 3.8) is 0 Å². The Kier molecular flexibility index (Phi) is 3.93. The molecule has 0 amide bonds. The Labute approximate surface area is 43.1 Å². The van der Waals surface area contributed by atoms with Crippen molar-refractivity contribution in [1.29, 1.82) is 0 Å². The van der Waals surface area contributed by atoms with Gasteiger partial charge >= 0.3 is 0 Å². The molecule has 2 N–H and O–H groups in total. The van der Waals surface area contributed by atoms with Gasteiger partial charge in [0.15, 0.2) is 0 Å². The molecule has 44 valence electrons. The Morgan fingerprint density at radius 1 is 1.43 bits per heavy atom. The fourth-order valence-electron chi connectivity index (χ4n) is 0.299. The van der Waals surface area contributed by atoms with Crippen LogP contribution in [0.15, 0.2) is 0 Å². The lowest BCUT2D eigenvalue weighted by molar-refractivity contribution is 0.359. The van der Waals surface area contributed by atoms with Crippen LogP contribution in [0.25, 0.3) is 0 Å².